The summed E-state index contributed by atoms with van der Waals surface area (Å²) in [6.45, 7) is 0. The average molecular weight is 223 g/mol. The van der Waals surface area contributed by atoms with Crippen LogP contribution in [0.3, 0.4) is 0 Å². The Balaban J connectivity index is 2.63. The Bertz CT molecular complexity index is 525. The molecule has 0 amide bonds. The fourth-order valence-corrected chi connectivity index (χ4v) is 1.39. The van der Waals surface area contributed by atoms with Crippen molar-refractivity contribution in [3.8, 4) is 17.0 Å². The highest BCUT2D eigenvalue weighted by Crippen LogP contribution is 2.32. The van der Waals surface area contributed by atoms with Crippen molar-refractivity contribution in [2.45, 2.75) is 0 Å². The molecule has 2 aromatic heterocycles. The minimum atomic E-state index is -0.682. The Labute approximate surface area is 90.9 Å². The molecule has 0 saturated heterocycles. The zero-order valence-corrected chi connectivity index (χ0v) is 8.81. The summed E-state index contributed by atoms with van der Waals surface area (Å²) in [4.78, 5) is 4.83. The van der Waals surface area contributed by atoms with Gasteiger partial charge in [-0.2, -0.15) is 24.4 Å². The Kier molecular flexibility index (Phi) is 2.43. The summed E-state index contributed by atoms with van der Waals surface area (Å²) in [5, 5.41) is 7.94. The fraction of sp³-hybridized carbons (Fsp3) is 0.222. The smallest absolute Gasteiger partial charge is 0.215 e. The van der Waals surface area contributed by atoms with E-state index in [1.807, 2.05) is 0 Å². The van der Waals surface area contributed by atoms with Crippen LogP contribution in [0.1, 0.15) is 0 Å². The van der Waals surface area contributed by atoms with E-state index < -0.39 is 5.95 Å². The maximum atomic E-state index is 13.1. The van der Waals surface area contributed by atoms with E-state index in [1.165, 1.54) is 24.2 Å². The number of methoxy groups -OCH3 is 1. The molecule has 0 unspecified atom stereocenters. The van der Waals surface area contributed by atoms with Gasteiger partial charge in [-0.1, -0.05) is 0 Å². The number of nitrogens with two attached hydrogens (primary N) is 1. The van der Waals surface area contributed by atoms with Crippen LogP contribution in [0, 0.1) is 5.95 Å². The standard InChI is InChI=1S/C9H10FN5O/c1-15-12-4-6(14-15)5-3-7(10)13-9(11)8(5)16-2/h3-4H,1-2H3,(H2,11,13). The second kappa shape index (κ2) is 3.76. The summed E-state index contributed by atoms with van der Waals surface area (Å²) in [5.74, 6) is -0.399. The number of nitrogens with zero attached hydrogens (tertiary/aromatic N) is 4. The average Bonchev–Trinajstić information content (AvgIpc) is 2.63. The molecule has 0 aliphatic carbocycles. The molecule has 0 aliphatic heterocycles. The number of aromatic nitrogens is 4. The molecular formula is C9H10FN5O. The number of nitrogen functional groups attached to an aromatic ring is 1. The number of rotatable bonds is 2. The van der Waals surface area contributed by atoms with Crippen molar-refractivity contribution in [3.63, 3.8) is 0 Å². The summed E-state index contributed by atoms with van der Waals surface area (Å²) in [7, 11) is 3.10. The van der Waals surface area contributed by atoms with E-state index in [0.29, 0.717) is 17.0 Å². The Morgan fingerprint density at radius 2 is 2.25 bits per heavy atom. The maximum Gasteiger partial charge on any atom is 0.215 e. The van der Waals surface area contributed by atoms with Crippen LogP contribution in [0.5, 0.6) is 5.75 Å². The number of halogens is 1. The first kappa shape index (κ1) is 10.3. The highest BCUT2D eigenvalue weighted by Gasteiger charge is 2.15. The van der Waals surface area contributed by atoms with E-state index in [1.54, 1.807) is 7.05 Å². The van der Waals surface area contributed by atoms with Crippen LogP contribution in [0.25, 0.3) is 11.3 Å². The van der Waals surface area contributed by atoms with Gasteiger partial charge in [0.2, 0.25) is 5.95 Å². The van der Waals surface area contributed by atoms with Gasteiger partial charge in [0.25, 0.3) is 0 Å². The molecule has 6 nitrogen and oxygen atoms in total. The molecule has 0 aliphatic rings. The lowest BCUT2D eigenvalue weighted by Crippen LogP contribution is -2.00. The molecular weight excluding hydrogens is 213 g/mol. The molecule has 2 N–H and O–H groups in total. The second-order valence-electron chi connectivity index (χ2n) is 3.13. The highest BCUT2D eigenvalue weighted by molar-refractivity contribution is 5.72. The first-order chi connectivity index (χ1) is 7.61. The van der Waals surface area contributed by atoms with Gasteiger partial charge >= 0.3 is 0 Å². The predicted octanol–water partition coefficient (Wildman–Crippen LogP) is 0.607. The van der Waals surface area contributed by atoms with Gasteiger partial charge in [0.15, 0.2) is 11.6 Å². The molecule has 7 heteroatoms. The monoisotopic (exact) mass is 223 g/mol. The minimum absolute atomic E-state index is 0.0110. The van der Waals surface area contributed by atoms with Gasteiger partial charge in [0.05, 0.1) is 18.9 Å². The quantitative estimate of drug-likeness (QED) is 0.754. The van der Waals surface area contributed by atoms with Gasteiger partial charge in [0.1, 0.15) is 5.69 Å². The zero-order chi connectivity index (χ0) is 11.7. The molecule has 0 bridgehead atoms. The van der Waals surface area contributed by atoms with E-state index in [9.17, 15) is 4.39 Å². The molecule has 2 rings (SSSR count). The fourth-order valence-electron chi connectivity index (χ4n) is 1.39. The lowest BCUT2D eigenvalue weighted by Gasteiger charge is -2.07. The van der Waals surface area contributed by atoms with Gasteiger partial charge in [0, 0.05) is 13.1 Å². The molecule has 0 saturated carbocycles. The van der Waals surface area contributed by atoms with Crippen LogP contribution in [0.2, 0.25) is 0 Å². The van der Waals surface area contributed by atoms with Crippen molar-refractivity contribution in [1.29, 1.82) is 0 Å². The van der Waals surface area contributed by atoms with Crippen LogP contribution >= 0.6 is 0 Å². The van der Waals surface area contributed by atoms with Crippen LogP contribution in [-0.2, 0) is 7.05 Å². The predicted molar refractivity (Wildman–Crippen MR) is 55.2 cm³/mol. The van der Waals surface area contributed by atoms with E-state index in [4.69, 9.17) is 10.5 Å². The molecule has 0 radical (unpaired) electrons. The van der Waals surface area contributed by atoms with Crippen molar-refractivity contribution in [2.75, 3.05) is 12.8 Å². The first-order valence-corrected chi connectivity index (χ1v) is 4.48. The SMILES string of the molecule is COc1c(-c2cnn(C)n2)cc(F)nc1N. The number of hydrogen-bond acceptors (Lipinski definition) is 5. The first-order valence-electron chi connectivity index (χ1n) is 4.48. The van der Waals surface area contributed by atoms with E-state index in [-0.39, 0.29) is 5.82 Å². The molecule has 0 atom stereocenters. The number of pyridine rings is 1. The summed E-state index contributed by atoms with van der Waals surface area (Å²) in [6.07, 6.45) is 1.50. The number of aryl methyl sites for hydroxylation is 1. The lowest BCUT2D eigenvalue weighted by molar-refractivity contribution is 0.414. The molecule has 0 fully saturated rings. The van der Waals surface area contributed by atoms with Gasteiger partial charge in [-0.05, 0) is 0 Å². The molecule has 84 valence electrons. The third-order valence-corrected chi connectivity index (χ3v) is 2.05. The Morgan fingerprint density at radius 3 is 2.81 bits per heavy atom. The number of hydrogen-bond donors (Lipinski definition) is 1. The molecule has 2 aromatic rings. The summed E-state index contributed by atoms with van der Waals surface area (Å²) >= 11 is 0. The Morgan fingerprint density at radius 1 is 1.50 bits per heavy atom. The molecule has 0 spiro atoms. The van der Waals surface area contributed by atoms with Gasteiger partial charge < -0.3 is 10.5 Å². The summed E-state index contributed by atoms with van der Waals surface area (Å²) in [6, 6.07) is 1.21. The maximum absolute atomic E-state index is 13.1. The van der Waals surface area contributed by atoms with Crippen LogP contribution < -0.4 is 10.5 Å². The van der Waals surface area contributed by atoms with Crippen molar-refractivity contribution in [1.82, 2.24) is 20.0 Å². The van der Waals surface area contributed by atoms with Crippen LogP contribution in [0.15, 0.2) is 12.3 Å². The van der Waals surface area contributed by atoms with E-state index >= 15 is 0 Å². The molecule has 16 heavy (non-hydrogen) atoms. The van der Waals surface area contributed by atoms with Crippen molar-refractivity contribution >= 4 is 5.82 Å². The lowest BCUT2D eigenvalue weighted by atomic mass is 10.2. The van der Waals surface area contributed by atoms with Crippen LogP contribution in [0.4, 0.5) is 10.2 Å². The van der Waals surface area contributed by atoms with Gasteiger partial charge in [-0.15, -0.1) is 0 Å². The number of anilines is 1. The van der Waals surface area contributed by atoms with Crippen molar-refractivity contribution < 1.29 is 9.13 Å². The normalized spacial score (nSPS) is 10.4. The molecule has 2 heterocycles. The van der Waals surface area contributed by atoms with Gasteiger partial charge in [-0.25, -0.2) is 0 Å². The number of ether oxygens (including phenoxy) is 1. The second-order valence-corrected chi connectivity index (χ2v) is 3.13. The third kappa shape index (κ3) is 1.67. The highest BCUT2D eigenvalue weighted by atomic mass is 19.1. The van der Waals surface area contributed by atoms with Gasteiger partial charge in [-0.3, -0.25) is 0 Å². The summed E-state index contributed by atoms with van der Waals surface area (Å²) in [5.41, 5.74) is 6.46. The van der Waals surface area contributed by atoms with E-state index in [2.05, 4.69) is 15.2 Å². The summed E-state index contributed by atoms with van der Waals surface area (Å²) < 4.78 is 18.2. The van der Waals surface area contributed by atoms with E-state index in [0.717, 1.165) is 0 Å². The zero-order valence-electron chi connectivity index (χ0n) is 8.81. The van der Waals surface area contributed by atoms with Crippen molar-refractivity contribution in [2.24, 2.45) is 7.05 Å². The largest absolute Gasteiger partial charge is 0.492 e. The topological polar surface area (TPSA) is 78.8 Å². The minimum Gasteiger partial charge on any atom is -0.492 e. The van der Waals surface area contributed by atoms with Crippen molar-refractivity contribution in [3.05, 3.63) is 18.2 Å². The third-order valence-electron chi connectivity index (χ3n) is 2.05. The molecule has 0 aromatic carbocycles. The van der Waals surface area contributed by atoms with Crippen LogP contribution in [-0.4, -0.2) is 27.1 Å². The Hall–Kier alpha value is -2.18.